The molecule has 0 radical (unpaired) electrons. The van der Waals surface area contributed by atoms with E-state index in [-0.39, 0.29) is 23.8 Å². The maximum absolute atomic E-state index is 12.2. The molecule has 1 atom stereocenters. The lowest BCUT2D eigenvalue weighted by Crippen LogP contribution is -2.26. The molecule has 0 fully saturated rings. The van der Waals surface area contributed by atoms with Crippen LogP contribution < -0.4 is 5.32 Å². The van der Waals surface area contributed by atoms with Gasteiger partial charge in [0.25, 0.3) is 0 Å². The van der Waals surface area contributed by atoms with Crippen molar-refractivity contribution in [2.45, 2.75) is 38.5 Å². The van der Waals surface area contributed by atoms with E-state index >= 15 is 0 Å². The number of nitrogens with zero attached hydrogens (tertiary/aromatic N) is 2. The van der Waals surface area contributed by atoms with E-state index in [9.17, 15) is 4.79 Å². The van der Waals surface area contributed by atoms with E-state index in [1.54, 1.807) is 16.0 Å². The van der Waals surface area contributed by atoms with Crippen LogP contribution in [0.5, 0.6) is 0 Å². The SMILES string of the molecule is Cn1nc(C(C)(C)C)c2c1NC(=O)C[C@@H]2c1cc(C#CCO)cs1. The summed E-state index contributed by atoms with van der Waals surface area (Å²) in [5.41, 5.74) is 2.88. The number of aliphatic hydroxyl groups is 1. The van der Waals surface area contributed by atoms with Gasteiger partial charge in [-0.1, -0.05) is 32.6 Å². The fourth-order valence-electron chi connectivity index (χ4n) is 3.03. The molecular weight excluding hydrogens is 322 g/mol. The number of fused-ring (bicyclic) bond motifs is 1. The van der Waals surface area contributed by atoms with Crippen molar-refractivity contribution in [3.63, 3.8) is 0 Å². The van der Waals surface area contributed by atoms with Crippen molar-refractivity contribution < 1.29 is 9.90 Å². The highest BCUT2D eigenvalue weighted by molar-refractivity contribution is 7.10. The first-order valence-electron chi connectivity index (χ1n) is 7.86. The molecule has 24 heavy (non-hydrogen) atoms. The minimum absolute atomic E-state index is 0.00681. The van der Waals surface area contributed by atoms with Gasteiger partial charge in [0.15, 0.2) is 0 Å². The highest BCUT2D eigenvalue weighted by Gasteiger charge is 2.36. The van der Waals surface area contributed by atoms with Crippen LogP contribution in [0.3, 0.4) is 0 Å². The highest BCUT2D eigenvalue weighted by Crippen LogP contribution is 2.44. The number of thiophene rings is 1. The molecule has 0 saturated heterocycles. The maximum atomic E-state index is 12.2. The van der Waals surface area contributed by atoms with Crippen molar-refractivity contribution in [3.8, 4) is 11.8 Å². The van der Waals surface area contributed by atoms with Crippen LogP contribution >= 0.6 is 11.3 Å². The Kier molecular flexibility index (Phi) is 4.24. The fourth-order valence-corrected chi connectivity index (χ4v) is 3.98. The summed E-state index contributed by atoms with van der Waals surface area (Å²) in [5, 5.41) is 18.5. The van der Waals surface area contributed by atoms with Crippen LogP contribution in [0, 0.1) is 11.8 Å². The van der Waals surface area contributed by atoms with E-state index in [0.29, 0.717) is 6.42 Å². The summed E-state index contributed by atoms with van der Waals surface area (Å²) in [7, 11) is 1.86. The molecule has 1 aliphatic rings. The number of amides is 1. The normalized spacial score (nSPS) is 17.0. The average molecular weight is 343 g/mol. The summed E-state index contributed by atoms with van der Waals surface area (Å²) in [6, 6.07) is 2.01. The van der Waals surface area contributed by atoms with E-state index in [0.717, 1.165) is 27.5 Å². The predicted octanol–water partition coefficient (Wildman–Crippen LogP) is 2.60. The van der Waals surface area contributed by atoms with Gasteiger partial charge >= 0.3 is 0 Å². The Balaban J connectivity index is 2.11. The Morgan fingerprint density at radius 1 is 1.50 bits per heavy atom. The molecule has 0 bridgehead atoms. The van der Waals surface area contributed by atoms with Crippen LogP contribution in [0.4, 0.5) is 5.82 Å². The molecule has 2 aromatic heterocycles. The molecule has 1 amide bonds. The number of hydrogen-bond acceptors (Lipinski definition) is 4. The van der Waals surface area contributed by atoms with Gasteiger partial charge < -0.3 is 10.4 Å². The standard InChI is InChI=1S/C18H21N3O2S/c1-18(2,3)16-15-12(9-14(23)19-17(15)21(4)20-16)13-8-11(10-24-13)6-5-7-22/h8,10,12,22H,7,9H2,1-4H3,(H,19,23)/t12-/m1/s1. The summed E-state index contributed by atoms with van der Waals surface area (Å²) in [6.07, 6.45) is 0.412. The first kappa shape index (κ1) is 16.7. The number of aryl methyl sites for hydroxylation is 1. The van der Waals surface area contributed by atoms with Crippen LogP contribution in [0.15, 0.2) is 11.4 Å². The lowest BCUT2D eigenvalue weighted by Gasteiger charge is -2.26. The van der Waals surface area contributed by atoms with Gasteiger partial charge in [0.1, 0.15) is 12.4 Å². The molecule has 0 unspecified atom stereocenters. The second kappa shape index (κ2) is 6.08. The quantitative estimate of drug-likeness (QED) is 0.782. The van der Waals surface area contributed by atoms with Crippen molar-refractivity contribution in [1.29, 1.82) is 0 Å². The zero-order valence-electron chi connectivity index (χ0n) is 14.3. The first-order valence-corrected chi connectivity index (χ1v) is 8.74. The molecule has 2 N–H and O–H groups in total. The van der Waals surface area contributed by atoms with Crippen molar-refractivity contribution >= 4 is 23.1 Å². The third-order valence-electron chi connectivity index (χ3n) is 4.07. The molecule has 0 aliphatic carbocycles. The second-order valence-electron chi connectivity index (χ2n) is 6.99. The summed E-state index contributed by atoms with van der Waals surface area (Å²) >= 11 is 1.60. The molecule has 126 valence electrons. The Morgan fingerprint density at radius 3 is 2.92 bits per heavy atom. The zero-order valence-corrected chi connectivity index (χ0v) is 15.1. The van der Waals surface area contributed by atoms with Crippen LogP contribution in [-0.2, 0) is 17.3 Å². The predicted molar refractivity (Wildman–Crippen MR) is 95.3 cm³/mol. The van der Waals surface area contributed by atoms with Crippen LogP contribution in [0.2, 0.25) is 0 Å². The first-order chi connectivity index (χ1) is 11.3. The van der Waals surface area contributed by atoms with Crippen molar-refractivity contribution in [2.75, 3.05) is 11.9 Å². The topological polar surface area (TPSA) is 67.2 Å². The highest BCUT2D eigenvalue weighted by atomic mass is 32.1. The lowest BCUT2D eigenvalue weighted by atomic mass is 9.82. The monoisotopic (exact) mass is 343 g/mol. The van der Waals surface area contributed by atoms with Gasteiger partial charge in [0.05, 0.1) is 5.69 Å². The van der Waals surface area contributed by atoms with Gasteiger partial charge in [-0.15, -0.1) is 11.3 Å². The summed E-state index contributed by atoms with van der Waals surface area (Å²) in [5.74, 6) is 6.38. The van der Waals surface area contributed by atoms with E-state index in [1.807, 2.05) is 18.5 Å². The van der Waals surface area contributed by atoms with Gasteiger partial charge in [0.2, 0.25) is 5.91 Å². The van der Waals surface area contributed by atoms with Crippen LogP contribution in [0.1, 0.15) is 54.8 Å². The van der Waals surface area contributed by atoms with Crippen molar-refractivity contribution in [3.05, 3.63) is 33.1 Å². The molecule has 0 aromatic carbocycles. The number of rotatable bonds is 1. The van der Waals surface area contributed by atoms with Gasteiger partial charge in [-0.25, -0.2) is 0 Å². The second-order valence-corrected chi connectivity index (χ2v) is 7.93. The van der Waals surface area contributed by atoms with Gasteiger partial charge in [-0.3, -0.25) is 9.48 Å². The van der Waals surface area contributed by atoms with E-state index < -0.39 is 0 Å². The average Bonchev–Trinajstić information content (AvgIpc) is 3.09. The fraction of sp³-hybridized carbons (Fsp3) is 0.444. The molecule has 2 aromatic rings. The zero-order chi connectivity index (χ0) is 17.5. The minimum Gasteiger partial charge on any atom is -0.384 e. The van der Waals surface area contributed by atoms with Gasteiger partial charge in [0, 0.05) is 46.2 Å². The van der Waals surface area contributed by atoms with E-state index in [2.05, 4.69) is 43.0 Å². The number of aliphatic hydroxyl groups excluding tert-OH is 1. The minimum atomic E-state index is -0.155. The Hall–Kier alpha value is -2.10. The smallest absolute Gasteiger partial charge is 0.226 e. The van der Waals surface area contributed by atoms with Gasteiger partial charge in [-0.2, -0.15) is 5.10 Å². The molecule has 0 saturated carbocycles. The number of anilines is 1. The molecular formula is C18H21N3O2S. The van der Waals surface area contributed by atoms with E-state index in [4.69, 9.17) is 5.11 Å². The number of carbonyl (C=O) groups excluding carboxylic acids is 1. The number of carbonyl (C=O) groups is 1. The maximum Gasteiger partial charge on any atom is 0.226 e. The molecule has 3 heterocycles. The number of nitrogens with one attached hydrogen (secondary N) is 1. The summed E-state index contributed by atoms with van der Waals surface area (Å²) < 4.78 is 1.76. The Labute approximate surface area is 145 Å². The summed E-state index contributed by atoms with van der Waals surface area (Å²) in [6.45, 7) is 6.25. The summed E-state index contributed by atoms with van der Waals surface area (Å²) in [4.78, 5) is 13.3. The van der Waals surface area contributed by atoms with Gasteiger partial charge in [-0.05, 0) is 6.07 Å². The van der Waals surface area contributed by atoms with E-state index in [1.165, 1.54) is 0 Å². The van der Waals surface area contributed by atoms with Crippen LogP contribution in [-0.4, -0.2) is 27.4 Å². The Morgan fingerprint density at radius 2 is 2.25 bits per heavy atom. The Bertz CT molecular complexity index is 846. The third-order valence-corrected chi connectivity index (χ3v) is 5.11. The third kappa shape index (κ3) is 2.97. The molecule has 3 rings (SSSR count). The largest absolute Gasteiger partial charge is 0.384 e. The van der Waals surface area contributed by atoms with Crippen molar-refractivity contribution in [2.24, 2.45) is 7.05 Å². The molecule has 6 heteroatoms. The molecule has 0 spiro atoms. The molecule has 1 aliphatic heterocycles. The molecule has 5 nitrogen and oxygen atoms in total. The number of aromatic nitrogens is 2. The van der Waals surface area contributed by atoms with Crippen LogP contribution in [0.25, 0.3) is 0 Å². The number of hydrogen-bond donors (Lipinski definition) is 2. The lowest BCUT2D eigenvalue weighted by molar-refractivity contribution is -0.116. The van der Waals surface area contributed by atoms with Crippen molar-refractivity contribution in [1.82, 2.24) is 9.78 Å².